The van der Waals surface area contributed by atoms with E-state index in [1.807, 2.05) is 45.2 Å². The van der Waals surface area contributed by atoms with E-state index in [0.717, 1.165) is 17.7 Å². The van der Waals surface area contributed by atoms with Crippen molar-refractivity contribution < 1.29 is 8.42 Å². The molecule has 0 radical (unpaired) electrons. The van der Waals surface area contributed by atoms with Crippen molar-refractivity contribution in [3.8, 4) is 0 Å². The Morgan fingerprint density at radius 3 is 2.47 bits per heavy atom. The molecule has 0 fully saturated rings. The predicted octanol–water partition coefficient (Wildman–Crippen LogP) is 1.82. The van der Waals surface area contributed by atoms with E-state index in [0.29, 0.717) is 12.5 Å². The van der Waals surface area contributed by atoms with Gasteiger partial charge in [0.2, 0.25) is 10.0 Å². The van der Waals surface area contributed by atoms with Crippen molar-refractivity contribution in [1.29, 1.82) is 0 Å². The largest absolute Gasteiger partial charge is 0.316 e. The second kappa shape index (κ2) is 7.03. The Morgan fingerprint density at radius 2 is 1.89 bits per heavy atom. The van der Waals surface area contributed by atoms with Crippen LogP contribution in [0.3, 0.4) is 0 Å². The van der Waals surface area contributed by atoms with Crippen LogP contribution in [-0.4, -0.2) is 33.4 Å². The molecule has 1 aromatic carbocycles. The van der Waals surface area contributed by atoms with E-state index in [-0.39, 0.29) is 5.75 Å². The monoisotopic (exact) mass is 284 g/mol. The summed E-state index contributed by atoms with van der Waals surface area (Å²) < 4.78 is 25.9. The second-order valence-corrected chi connectivity index (χ2v) is 7.36. The van der Waals surface area contributed by atoms with Crippen molar-refractivity contribution in [2.45, 2.75) is 26.1 Å². The number of rotatable bonds is 7. The molecule has 0 bridgehead atoms. The van der Waals surface area contributed by atoms with Crippen molar-refractivity contribution in [2.24, 2.45) is 5.92 Å². The normalized spacial score (nSPS) is 12.3. The average Bonchev–Trinajstić information content (AvgIpc) is 2.28. The number of hydrogen-bond donors (Lipinski definition) is 1. The molecule has 19 heavy (non-hydrogen) atoms. The van der Waals surface area contributed by atoms with Crippen LogP contribution in [-0.2, 0) is 22.3 Å². The summed E-state index contributed by atoms with van der Waals surface area (Å²) in [5, 5.41) is 3.06. The number of nitrogens with one attached hydrogen (secondary N) is 1. The van der Waals surface area contributed by atoms with Gasteiger partial charge in [-0.15, -0.1) is 0 Å². The summed E-state index contributed by atoms with van der Waals surface area (Å²) in [6.45, 7) is 5.33. The van der Waals surface area contributed by atoms with Gasteiger partial charge >= 0.3 is 0 Å². The molecular formula is C14H24N2O2S. The van der Waals surface area contributed by atoms with Gasteiger partial charge in [-0.3, -0.25) is 0 Å². The van der Waals surface area contributed by atoms with Gasteiger partial charge in [-0.2, -0.15) is 0 Å². The van der Waals surface area contributed by atoms with Crippen LogP contribution in [0.15, 0.2) is 24.3 Å². The predicted molar refractivity (Wildman–Crippen MR) is 79.3 cm³/mol. The highest BCUT2D eigenvalue weighted by Crippen LogP contribution is 2.13. The van der Waals surface area contributed by atoms with E-state index in [1.54, 1.807) is 7.05 Å². The standard InChI is InChI=1S/C14H24N2O2S/c1-12(2)10-16(4)19(17,18)11-14-7-5-6-13(8-14)9-15-3/h5-8,12,15H,9-11H2,1-4H3. The Morgan fingerprint density at radius 1 is 1.26 bits per heavy atom. The van der Waals surface area contributed by atoms with Gasteiger partial charge in [-0.1, -0.05) is 38.1 Å². The van der Waals surface area contributed by atoms with Gasteiger partial charge in [0.05, 0.1) is 5.75 Å². The summed E-state index contributed by atoms with van der Waals surface area (Å²) in [5.74, 6) is 0.392. The van der Waals surface area contributed by atoms with Crippen molar-refractivity contribution in [3.63, 3.8) is 0 Å². The van der Waals surface area contributed by atoms with Crippen molar-refractivity contribution >= 4 is 10.0 Å². The molecule has 0 heterocycles. The average molecular weight is 284 g/mol. The third-order valence-corrected chi connectivity index (χ3v) is 4.62. The molecule has 0 saturated carbocycles. The summed E-state index contributed by atoms with van der Waals surface area (Å²) >= 11 is 0. The Bertz CT molecular complexity index is 498. The fraction of sp³-hybridized carbons (Fsp3) is 0.571. The van der Waals surface area contributed by atoms with Crippen LogP contribution < -0.4 is 5.32 Å². The van der Waals surface area contributed by atoms with Crippen LogP contribution in [0.4, 0.5) is 0 Å². The molecule has 0 atom stereocenters. The van der Waals surface area contributed by atoms with E-state index in [1.165, 1.54) is 4.31 Å². The van der Waals surface area contributed by atoms with Crippen molar-refractivity contribution in [2.75, 3.05) is 20.6 Å². The van der Waals surface area contributed by atoms with E-state index in [4.69, 9.17) is 0 Å². The Labute approximate surface area is 116 Å². The molecule has 0 amide bonds. The number of benzene rings is 1. The van der Waals surface area contributed by atoms with Crippen molar-refractivity contribution in [1.82, 2.24) is 9.62 Å². The first-order valence-electron chi connectivity index (χ1n) is 6.51. The van der Waals surface area contributed by atoms with Gasteiger partial charge in [0, 0.05) is 20.1 Å². The maximum Gasteiger partial charge on any atom is 0.218 e. The molecule has 0 aliphatic carbocycles. The fourth-order valence-electron chi connectivity index (χ4n) is 1.98. The zero-order chi connectivity index (χ0) is 14.5. The first-order chi connectivity index (χ1) is 8.85. The lowest BCUT2D eigenvalue weighted by Gasteiger charge is -2.19. The number of sulfonamides is 1. The van der Waals surface area contributed by atoms with Gasteiger partial charge in [0.15, 0.2) is 0 Å². The molecule has 0 saturated heterocycles. The summed E-state index contributed by atoms with van der Waals surface area (Å²) in [6.07, 6.45) is 0. The smallest absolute Gasteiger partial charge is 0.218 e. The highest BCUT2D eigenvalue weighted by Gasteiger charge is 2.19. The van der Waals surface area contributed by atoms with E-state index in [2.05, 4.69) is 5.32 Å². The van der Waals surface area contributed by atoms with Gasteiger partial charge in [-0.25, -0.2) is 12.7 Å². The number of nitrogens with zero attached hydrogens (tertiary/aromatic N) is 1. The van der Waals surface area contributed by atoms with Crippen LogP contribution in [0.2, 0.25) is 0 Å². The van der Waals surface area contributed by atoms with Crippen LogP contribution in [0.5, 0.6) is 0 Å². The third kappa shape index (κ3) is 5.30. The topological polar surface area (TPSA) is 49.4 Å². The highest BCUT2D eigenvalue weighted by atomic mass is 32.2. The summed E-state index contributed by atoms with van der Waals surface area (Å²) in [4.78, 5) is 0. The van der Waals surface area contributed by atoms with Gasteiger partial charge in [0.1, 0.15) is 0 Å². The van der Waals surface area contributed by atoms with Gasteiger partial charge in [0.25, 0.3) is 0 Å². The lowest BCUT2D eigenvalue weighted by Crippen LogP contribution is -2.31. The molecule has 1 aromatic rings. The molecule has 1 N–H and O–H groups in total. The summed E-state index contributed by atoms with van der Waals surface area (Å²) in [5.41, 5.74) is 1.94. The van der Waals surface area contributed by atoms with E-state index in [9.17, 15) is 8.42 Å². The van der Waals surface area contributed by atoms with Crippen molar-refractivity contribution in [3.05, 3.63) is 35.4 Å². The Kier molecular flexibility index (Phi) is 5.97. The molecule has 0 aliphatic heterocycles. The summed E-state index contributed by atoms with van der Waals surface area (Å²) in [6, 6.07) is 7.70. The maximum absolute atomic E-state index is 12.2. The van der Waals surface area contributed by atoms with E-state index >= 15 is 0 Å². The minimum absolute atomic E-state index is 0.0633. The molecule has 108 valence electrons. The minimum Gasteiger partial charge on any atom is -0.316 e. The highest BCUT2D eigenvalue weighted by molar-refractivity contribution is 7.88. The molecule has 0 aromatic heterocycles. The SMILES string of the molecule is CNCc1cccc(CS(=O)(=O)N(C)CC(C)C)c1. The first kappa shape index (κ1) is 16.1. The lowest BCUT2D eigenvalue weighted by atomic mass is 10.1. The summed E-state index contributed by atoms with van der Waals surface area (Å²) in [7, 11) is 0.293. The maximum atomic E-state index is 12.2. The van der Waals surface area contributed by atoms with Crippen LogP contribution in [0.1, 0.15) is 25.0 Å². The molecular weight excluding hydrogens is 260 g/mol. The second-order valence-electron chi connectivity index (χ2n) is 5.28. The molecule has 1 rings (SSSR count). The molecule has 0 spiro atoms. The molecule has 4 nitrogen and oxygen atoms in total. The van der Waals surface area contributed by atoms with Crippen LogP contribution in [0.25, 0.3) is 0 Å². The Balaban J connectivity index is 2.80. The molecule has 0 aliphatic rings. The van der Waals surface area contributed by atoms with Gasteiger partial charge in [-0.05, 0) is 24.1 Å². The Hall–Kier alpha value is -0.910. The van der Waals surface area contributed by atoms with Crippen LogP contribution in [0, 0.1) is 5.92 Å². The minimum atomic E-state index is -3.23. The number of hydrogen-bond acceptors (Lipinski definition) is 3. The quantitative estimate of drug-likeness (QED) is 0.831. The zero-order valence-electron chi connectivity index (χ0n) is 12.2. The van der Waals surface area contributed by atoms with Gasteiger partial charge < -0.3 is 5.32 Å². The lowest BCUT2D eigenvalue weighted by molar-refractivity contribution is 0.416. The van der Waals surface area contributed by atoms with Crippen LogP contribution >= 0.6 is 0 Å². The molecule has 0 unspecified atom stereocenters. The zero-order valence-corrected chi connectivity index (χ0v) is 13.0. The molecule has 5 heteroatoms. The van der Waals surface area contributed by atoms with E-state index < -0.39 is 10.0 Å². The fourth-order valence-corrected chi connectivity index (χ4v) is 3.33. The third-order valence-electron chi connectivity index (χ3n) is 2.82. The first-order valence-corrected chi connectivity index (χ1v) is 8.12.